The third-order valence-corrected chi connectivity index (χ3v) is 4.66. The number of aryl methyl sites for hydroxylation is 1. The molecule has 0 unspecified atom stereocenters. The molecule has 0 saturated carbocycles. The van der Waals surface area contributed by atoms with Crippen molar-refractivity contribution in [2.45, 2.75) is 19.9 Å². The Labute approximate surface area is 149 Å². The molecule has 1 aliphatic heterocycles. The lowest BCUT2D eigenvalue weighted by molar-refractivity contribution is 0.191. The fourth-order valence-electron chi connectivity index (χ4n) is 3.14. The summed E-state index contributed by atoms with van der Waals surface area (Å²) in [7, 11) is 3.81. The maximum atomic E-state index is 5.86. The van der Waals surface area contributed by atoms with Gasteiger partial charge in [0.25, 0.3) is 0 Å². The smallest absolute Gasteiger partial charge is 0.229 e. The van der Waals surface area contributed by atoms with Crippen molar-refractivity contribution >= 4 is 17.6 Å². The zero-order chi connectivity index (χ0) is 18.0. The largest absolute Gasteiger partial charge is 0.369 e. The summed E-state index contributed by atoms with van der Waals surface area (Å²) < 4.78 is 0. The second-order valence-corrected chi connectivity index (χ2v) is 6.78. The fraction of sp³-hybridized carbons (Fsp3) is 0.500. The lowest BCUT2D eigenvalue weighted by Crippen LogP contribution is -2.47. The van der Waals surface area contributed by atoms with Gasteiger partial charge in [-0.3, -0.25) is 4.90 Å². The van der Waals surface area contributed by atoms with Gasteiger partial charge in [-0.2, -0.15) is 15.0 Å². The van der Waals surface area contributed by atoms with E-state index >= 15 is 0 Å². The maximum absolute atomic E-state index is 5.86. The van der Waals surface area contributed by atoms with E-state index < -0.39 is 0 Å². The maximum Gasteiger partial charge on any atom is 0.229 e. The van der Waals surface area contributed by atoms with Gasteiger partial charge in [0, 0.05) is 46.0 Å². The topological polar surface area (TPSA) is 74.4 Å². The molecular weight excluding hydrogens is 314 g/mol. The Morgan fingerprint density at radius 3 is 2.44 bits per heavy atom. The van der Waals surface area contributed by atoms with Gasteiger partial charge in [-0.05, 0) is 31.5 Å². The molecule has 25 heavy (non-hydrogen) atoms. The van der Waals surface area contributed by atoms with E-state index in [9.17, 15) is 0 Å². The Morgan fingerprint density at radius 2 is 1.80 bits per heavy atom. The van der Waals surface area contributed by atoms with Crippen molar-refractivity contribution in [3.8, 4) is 0 Å². The van der Waals surface area contributed by atoms with Crippen LogP contribution in [-0.2, 0) is 0 Å². The molecule has 7 heteroatoms. The summed E-state index contributed by atoms with van der Waals surface area (Å²) in [5.41, 5.74) is 8.46. The van der Waals surface area contributed by atoms with Crippen LogP contribution in [0.5, 0.6) is 0 Å². The molecule has 1 fully saturated rings. The van der Waals surface area contributed by atoms with E-state index in [4.69, 9.17) is 5.73 Å². The van der Waals surface area contributed by atoms with Gasteiger partial charge in [-0.1, -0.05) is 12.1 Å². The van der Waals surface area contributed by atoms with Crippen molar-refractivity contribution in [1.29, 1.82) is 0 Å². The number of nitrogens with zero attached hydrogens (tertiary/aromatic N) is 6. The molecule has 3 rings (SSSR count). The summed E-state index contributed by atoms with van der Waals surface area (Å²) in [6.07, 6.45) is 0. The van der Waals surface area contributed by atoms with Crippen LogP contribution in [0.25, 0.3) is 0 Å². The summed E-state index contributed by atoms with van der Waals surface area (Å²) in [5, 5.41) is 0. The van der Waals surface area contributed by atoms with E-state index in [1.807, 2.05) is 19.0 Å². The minimum absolute atomic E-state index is 0.114. The molecule has 1 atom stereocenters. The van der Waals surface area contributed by atoms with E-state index in [-0.39, 0.29) is 12.0 Å². The fourth-order valence-corrected chi connectivity index (χ4v) is 3.14. The van der Waals surface area contributed by atoms with Crippen molar-refractivity contribution < 1.29 is 0 Å². The molecule has 0 amide bonds. The summed E-state index contributed by atoms with van der Waals surface area (Å²) in [5.74, 6) is 1.62. The first-order valence-corrected chi connectivity index (χ1v) is 8.68. The summed E-state index contributed by atoms with van der Waals surface area (Å²) >= 11 is 0. The van der Waals surface area contributed by atoms with Crippen LogP contribution >= 0.6 is 0 Å². The molecule has 0 aliphatic carbocycles. The van der Waals surface area contributed by atoms with Gasteiger partial charge in [0.15, 0.2) is 5.82 Å². The Morgan fingerprint density at radius 1 is 1.08 bits per heavy atom. The number of nitrogens with two attached hydrogens (primary N) is 1. The molecule has 1 saturated heterocycles. The molecule has 1 aromatic carbocycles. The number of anilines is 3. The zero-order valence-electron chi connectivity index (χ0n) is 15.5. The van der Waals surface area contributed by atoms with Gasteiger partial charge in [0.05, 0.1) is 6.04 Å². The number of rotatable bonds is 4. The predicted molar refractivity (Wildman–Crippen MR) is 102 cm³/mol. The number of hydrogen-bond donors (Lipinski definition) is 1. The second kappa shape index (κ2) is 7.23. The number of hydrogen-bond acceptors (Lipinski definition) is 7. The first-order chi connectivity index (χ1) is 11.9. The zero-order valence-corrected chi connectivity index (χ0v) is 15.5. The van der Waals surface area contributed by atoms with Crippen molar-refractivity contribution in [1.82, 2.24) is 19.9 Å². The SMILES string of the molecule is Cc1cccc(N2CCN([C@H](C)c3nc(N)nc(N(C)C)n3)CC2)c1. The normalized spacial score (nSPS) is 16.7. The Hall–Kier alpha value is -2.41. The highest BCUT2D eigenvalue weighted by atomic mass is 15.3. The average molecular weight is 341 g/mol. The highest BCUT2D eigenvalue weighted by molar-refractivity contribution is 5.48. The minimum Gasteiger partial charge on any atom is -0.369 e. The molecule has 1 aliphatic rings. The molecule has 2 N–H and O–H groups in total. The van der Waals surface area contributed by atoms with Crippen molar-refractivity contribution in [2.75, 3.05) is 55.8 Å². The monoisotopic (exact) mass is 341 g/mol. The van der Waals surface area contributed by atoms with E-state index in [0.717, 1.165) is 32.0 Å². The molecule has 2 heterocycles. The van der Waals surface area contributed by atoms with Gasteiger partial charge >= 0.3 is 0 Å². The molecule has 1 aromatic heterocycles. The first kappa shape index (κ1) is 17.4. The molecule has 0 radical (unpaired) electrons. The number of benzene rings is 1. The van der Waals surface area contributed by atoms with Gasteiger partial charge in [-0.15, -0.1) is 0 Å². The van der Waals surface area contributed by atoms with Gasteiger partial charge in [-0.25, -0.2) is 0 Å². The van der Waals surface area contributed by atoms with Crippen LogP contribution in [0, 0.1) is 6.92 Å². The highest BCUT2D eigenvalue weighted by Crippen LogP contribution is 2.23. The van der Waals surface area contributed by atoms with Crippen molar-refractivity contribution in [3.63, 3.8) is 0 Å². The van der Waals surface area contributed by atoms with Crippen LogP contribution in [0.2, 0.25) is 0 Å². The highest BCUT2D eigenvalue weighted by Gasteiger charge is 2.25. The van der Waals surface area contributed by atoms with Gasteiger partial charge in [0.1, 0.15) is 0 Å². The van der Waals surface area contributed by atoms with Gasteiger partial charge in [0.2, 0.25) is 11.9 Å². The standard InChI is InChI=1S/C18H27N7/c1-13-6-5-7-15(12-13)25-10-8-24(9-11-25)14(2)16-20-17(19)22-18(21-16)23(3)4/h5-7,12,14H,8-11H2,1-4H3,(H2,19,20,21,22)/t14-/m1/s1. The van der Waals surface area contributed by atoms with Crippen LogP contribution < -0.4 is 15.5 Å². The van der Waals surface area contributed by atoms with Crippen LogP contribution in [0.4, 0.5) is 17.6 Å². The van der Waals surface area contributed by atoms with Crippen LogP contribution in [0.1, 0.15) is 24.4 Å². The quantitative estimate of drug-likeness (QED) is 0.907. The van der Waals surface area contributed by atoms with Crippen molar-refractivity contribution in [3.05, 3.63) is 35.7 Å². The molecular formula is C18H27N7. The Bertz CT molecular complexity index is 723. The molecule has 0 bridgehead atoms. The number of piperazine rings is 1. The first-order valence-electron chi connectivity index (χ1n) is 8.68. The van der Waals surface area contributed by atoms with E-state index in [2.05, 4.69) is 62.9 Å². The lowest BCUT2D eigenvalue weighted by atomic mass is 10.1. The Kier molecular flexibility index (Phi) is 5.03. The Balaban J connectivity index is 1.68. The van der Waals surface area contributed by atoms with E-state index in [1.54, 1.807) is 0 Å². The molecule has 0 spiro atoms. The lowest BCUT2D eigenvalue weighted by Gasteiger charge is -2.38. The van der Waals surface area contributed by atoms with Gasteiger partial charge < -0.3 is 15.5 Å². The average Bonchev–Trinajstić information content (AvgIpc) is 2.60. The predicted octanol–water partition coefficient (Wildman–Crippen LogP) is 1.71. The summed E-state index contributed by atoms with van der Waals surface area (Å²) in [6.45, 7) is 8.20. The summed E-state index contributed by atoms with van der Waals surface area (Å²) in [6, 6.07) is 8.80. The summed E-state index contributed by atoms with van der Waals surface area (Å²) in [4.78, 5) is 19.8. The third-order valence-electron chi connectivity index (χ3n) is 4.66. The minimum atomic E-state index is 0.114. The van der Waals surface area contributed by atoms with Crippen LogP contribution in [-0.4, -0.2) is 60.1 Å². The second-order valence-electron chi connectivity index (χ2n) is 6.78. The van der Waals surface area contributed by atoms with E-state index in [1.165, 1.54) is 11.3 Å². The molecule has 2 aromatic rings. The van der Waals surface area contributed by atoms with Crippen LogP contribution in [0.15, 0.2) is 24.3 Å². The molecule has 134 valence electrons. The molecule has 7 nitrogen and oxygen atoms in total. The number of aromatic nitrogens is 3. The van der Waals surface area contributed by atoms with Crippen LogP contribution in [0.3, 0.4) is 0 Å². The van der Waals surface area contributed by atoms with Crippen molar-refractivity contribution in [2.24, 2.45) is 0 Å². The van der Waals surface area contributed by atoms with E-state index in [0.29, 0.717) is 5.95 Å². The third kappa shape index (κ3) is 3.99. The number of nitrogen functional groups attached to an aromatic ring is 1.